The van der Waals surface area contributed by atoms with Gasteiger partial charge in [-0.05, 0) is 91.1 Å². The summed E-state index contributed by atoms with van der Waals surface area (Å²) in [5.41, 5.74) is 19.3. The SMILES string of the molecule is NC(=O)c1ccc(O)c(C=O)c1.Nc1ncccc1-c1nc2ccc(-c3ccn(C4COC4)n3)nc2n1-c1ccc2c(c1)CCC2. The van der Waals surface area contributed by atoms with Gasteiger partial charge in [-0.3, -0.25) is 18.8 Å². The first-order valence-corrected chi connectivity index (χ1v) is 14.8. The molecule has 8 rings (SSSR count). The first kappa shape index (κ1) is 28.9. The number of aromatic nitrogens is 6. The van der Waals surface area contributed by atoms with Crippen LogP contribution in [0.25, 0.3) is 39.6 Å². The van der Waals surface area contributed by atoms with E-state index in [1.165, 1.54) is 35.7 Å². The Morgan fingerprint density at radius 2 is 1.83 bits per heavy atom. The van der Waals surface area contributed by atoms with Crippen LogP contribution in [0.5, 0.6) is 5.75 Å². The molecule has 5 heterocycles. The minimum Gasteiger partial charge on any atom is -0.507 e. The zero-order valence-electron chi connectivity index (χ0n) is 24.7. The Morgan fingerprint density at radius 3 is 2.59 bits per heavy atom. The first-order valence-electron chi connectivity index (χ1n) is 14.8. The summed E-state index contributed by atoms with van der Waals surface area (Å²) in [6, 6.07) is 20.6. The lowest BCUT2D eigenvalue weighted by Crippen LogP contribution is -2.30. The van der Waals surface area contributed by atoms with Crippen LogP contribution in [0.1, 0.15) is 44.3 Å². The van der Waals surface area contributed by atoms with Gasteiger partial charge in [0.25, 0.3) is 0 Å². The van der Waals surface area contributed by atoms with E-state index >= 15 is 0 Å². The van der Waals surface area contributed by atoms with Crippen molar-refractivity contribution in [3.05, 3.63) is 101 Å². The lowest BCUT2D eigenvalue weighted by molar-refractivity contribution is -0.0285. The molecule has 0 bridgehead atoms. The Labute approximate surface area is 263 Å². The van der Waals surface area contributed by atoms with E-state index in [4.69, 9.17) is 36.4 Å². The number of primary amides is 1. The standard InChI is InChI=1S/C26H23N7O.C8H7NO3/c27-24-20(5-2-11-28-24)25-30-23-9-8-21(22-10-12-32(31-22)19-14-34-15-19)29-26(23)33(25)18-7-6-16-3-1-4-17(16)13-18;9-8(12)5-1-2-7(11)6(3-5)4-10/h2,5-13,19H,1,3-4,14-15H2,(H2,27,28);1-4,11H,(H2,9,12). The number of carbonyl (C=O) groups excluding carboxylic acids is 2. The maximum absolute atomic E-state index is 10.6. The average molecular weight is 615 g/mol. The number of aromatic hydroxyl groups is 1. The summed E-state index contributed by atoms with van der Waals surface area (Å²) >= 11 is 0. The van der Waals surface area contributed by atoms with Crippen LogP contribution in [0.4, 0.5) is 5.82 Å². The molecule has 0 saturated carbocycles. The van der Waals surface area contributed by atoms with E-state index in [1.807, 2.05) is 41.2 Å². The van der Waals surface area contributed by atoms with Crippen LogP contribution in [0.3, 0.4) is 0 Å². The quantitative estimate of drug-likeness (QED) is 0.231. The minimum atomic E-state index is -0.627. The number of amides is 1. The largest absolute Gasteiger partial charge is 0.507 e. The molecule has 46 heavy (non-hydrogen) atoms. The topological polar surface area (TPSA) is 177 Å². The molecular formula is C34H30N8O4. The van der Waals surface area contributed by atoms with Crippen molar-refractivity contribution in [1.82, 2.24) is 29.3 Å². The smallest absolute Gasteiger partial charge is 0.248 e. The van der Waals surface area contributed by atoms with Gasteiger partial charge in [-0.25, -0.2) is 15.0 Å². The lowest BCUT2D eigenvalue weighted by atomic mass is 10.1. The van der Waals surface area contributed by atoms with Gasteiger partial charge in [0.1, 0.15) is 22.8 Å². The van der Waals surface area contributed by atoms with E-state index in [-0.39, 0.29) is 16.9 Å². The number of hydrogen-bond acceptors (Lipinski definition) is 9. The number of rotatable bonds is 6. The Bertz CT molecular complexity index is 2110. The molecule has 6 aromatic rings. The summed E-state index contributed by atoms with van der Waals surface area (Å²) in [7, 11) is 0. The second-order valence-corrected chi connectivity index (χ2v) is 11.2. The molecule has 1 aliphatic carbocycles. The normalized spacial score (nSPS) is 13.9. The molecule has 0 spiro atoms. The van der Waals surface area contributed by atoms with Crippen LogP contribution < -0.4 is 11.5 Å². The Morgan fingerprint density at radius 1 is 0.978 bits per heavy atom. The van der Waals surface area contributed by atoms with Crippen LogP contribution in [0.15, 0.2) is 79.1 Å². The molecule has 1 fully saturated rings. The zero-order valence-corrected chi connectivity index (χ0v) is 24.7. The number of aryl methyl sites for hydroxylation is 2. The average Bonchev–Trinajstić information content (AvgIpc) is 3.79. The molecule has 2 aliphatic rings. The highest BCUT2D eigenvalue weighted by molar-refractivity contribution is 5.95. The number of nitrogens with zero attached hydrogens (tertiary/aromatic N) is 6. The molecule has 0 atom stereocenters. The number of nitrogens with two attached hydrogens (primary N) is 2. The highest BCUT2D eigenvalue weighted by Gasteiger charge is 2.23. The van der Waals surface area contributed by atoms with Crippen molar-refractivity contribution < 1.29 is 19.4 Å². The molecule has 1 amide bonds. The third kappa shape index (κ3) is 5.35. The molecule has 5 N–H and O–H groups in total. The van der Waals surface area contributed by atoms with Gasteiger partial charge in [-0.2, -0.15) is 5.10 Å². The van der Waals surface area contributed by atoms with Crippen LogP contribution in [-0.2, 0) is 17.6 Å². The predicted molar refractivity (Wildman–Crippen MR) is 172 cm³/mol. The molecule has 2 aromatic carbocycles. The van der Waals surface area contributed by atoms with Crippen molar-refractivity contribution in [2.75, 3.05) is 18.9 Å². The molecule has 12 heteroatoms. The summed E-state index contributed by atoms with van der Waals surface area (Å²) in [6.45, 7) is 1.41. The minimum absolute atomic E-state index is 0.0614. The number of phenols is 1. The predicted octanol–water partition coefficient (Wildman–Crippen LogP) is 4.29. The number of pyridine rings is 2. The Balaban J connectivity index is 0.000000240. The maximum atomic E-state index is 10.6. The zero-order chi connectivity index (χ0) is 31.8. The number of carbonyl (C=O) groups is 2. The van der Waals surface area contributed by atoms with Gasteiger partial charge in [-0.15, -0.1) is 0 Å². The van der Waals surface area contributed by atoms with Gasteiger partial charge in [0, 0.05) is 23.6 Å². The number of imidazole rings is 1. The fourth-order valence-electron chi connectivity index (χ4n) is 5.69. The number of anilines is 1. The third-order valence-electron chi connectivity index (χ3n) is 8.23. The monoisotopic (exact) mass is 614 g/mol. The summed E-state index contributed by atoms with van der Waals surface area (Å²) in [5, 5.41) is 13.8. The number of aldehydes is 1. The van der Waals surface area contributed by atoms with E-state index in [9.17, 15) is 9.59 Å². The van der Waals surface area contributed by atoms with Gasteiger partial charge in [0.2, 0.25) is 5.91 Å². The van der Waals surface area contributed by atoms with Gasteiger partial charge >= 0.3 is 0 Å². The van der Waals surface area contributed by atoms with Crippen molar-refractivity contribution in [2.24, 2.45) is 5.73 Å². The van der Waals surface area contributed by atoms with Gasteiger partial charge in [0.15, 0.2) is 17.8 Å². The van der Waals surface area contributed by atoms with E-state index in [1.54, 1.807) is 6.20 Å². The number of hydrogen-bond donors (Lipinski definition) is 3. The Kier molecular flexibility index (Phi) is 7.47. The highest BCUT2D eigenvalue weighted by atomic mass is 16.5. The van der Waals surface area contributed by atoms with Crippen molar-refractivity contribution in [3.63, 3.8) is 0 Å². The molecule has 1 aliphatic heterocycles. The number of ether oxygens (including phenoxy) is 1. The summed E-state index contributed by atoms with van der Waals surface area (Å²) < 4.78 is 9.37. The molecule has 12 nitrogen and oxygen atoms in total. The van der Waals surface area contributed by atoms with Crippen molar-refractivity contribution in [2.45, 2.75) is 25.3 Å². The molecule has 1 saturated heterocycles. The van der Waals surface area contributed by atoms with Crippen molar-refractivity contribution in [3.8, 4) is 34.2 Å². The van der Waals surface area contributed by atoms with Gasteiger partial charge in [0.05, 0.1) is 36.1 Å². The van der Waals surface area contributed by atoms with Crippen LogP contribution in [-0.4, -0.2) is 59.8 Å². The summed E-state index contributed by atoms with van der Waals surface area (Å²) in [6.07, 6.45) is 7.58. The lowest BCUT2D eigenvalue weighted by Gasteiger charge is -2.25. The maximum Gasteiger partial charge on any atom is 0.248 e. The van der Waals surface area contributed by atoms with Crippen LogP contribution in [0, 0.1) is 0 Å². The van der Waals surface area contributed by atoms with Crippen molar-refractivity contribution in [1.29, 1.82) is 0 Å². The Hall–Kier alpha value is -5.88. The molecule has 0 unspecified atom stereocenters. The first-order chi connectivity index (χ1) is 22.4. The van der Waals surface area contributed by atoms with E-state index < -0.39 is 5.91 Å². The van der Waals surface area contributed by atoms with Crippen LogP contribution >= 0.6 is 0 Å². The van der Waals surface area contributed by atoms with E-state index in [2.05, 4.69) is 27.8 Å². The number of nitrogen functional groups attached to an aromatic ring is 1. The summed E-state index contributed by atoms with van der Waals surface area (Å²) in [4.78, 5) is 35.2. The highest BCUT2D eigenvalue weighted by Crippen LogP contribution is 2.33. The number of benzene rings is 2. The van der Waals surface area contributed by atoms with E-state index in [0.717, 1.165) is 52.5 Å². The third-order valence-corrected chi connectivity index (χ3v) is 8.23. The molecular weight excluding hydrogens is 584 g/mol. The van der Waals surface area contributed by atoms with Gasteiger partial charge in [-0.1, -0.05) is 6.07 Å². The fraction of sp³-hybridized carbons (Fsp3) is 0.176. The van der Waals surface area contributed by atoms with Crippen LogP contribution in [0.2, 0.25) is 0 Å². The summed E-state index contributed by atoms with van der Waals surface area (Å²) in [5.74, 6) is 0.398. The second kappa shape index (κ2) is 11.9. The van der Waals surface area contributed by atoms with E-state index in [0.29, 0.717) is 31.4 Å². The molecule has 4 aromatic heterocycles. The molecule has 0 radical (unpaired) electrons. The molecule has 230 valence electrons. The number of fused-ring (bicyclic) bond motifs is 2. The second-order valence-electron chi connectivity index (χ2n) is 11.2. The fourth-order valence-corrected chi connectivity index (χ4v) is 5.69. The number of phenolic OH excluding ortho intramolecular Hbond substituents is 1. The van der Waals surface area contributed by atoms with Crippen molar-refractivity contribution >= 4 is 29.2 Å². The van der Waals surface area contributed by atoms with Gasteiger partial charge < -0.3 is 21.3 Å².